The van der Waals surface area contributed by atoms with Crippen molar-refractivity contribution >= 4 is 16.5 Å². The molecular weight excluding hydrogens is 429 g/mol. The fraction of sp³-hybridized carbons (Fsp3) is 0.464. The second-order valence-electron chi connectivity index (χ2n) is 9.78. The van der Waals surface area contributed by atoms with Gasteiger partial charge in [-0.15, -0.1) is 0 Å². The number of aliphatic hydroxyl groups is 1. The Morgan fingerprint density at radius 2 is 1.91 bits per heavy atom. The molecule has 0 radical (unpaired) electrons. The summed E-state index contributed by atoms with van der Waals surface area (Å²) in [7, 11) is 0. The van der Waals surface area contributed by atoms with E-state index in [0.717, 1.165) is 56.4 Å². The molecule has 3 heterocycles. The Balaban J connectivity index is 1.35. The maximum atomic E-state index is 15.2. The van der Waals surface area contributed by atoms with E-state index < -0.39 is 0 Å². The first-order valence-electron chi connectivity index (χ1n) is 12.6. The van der Waals surface area contributed by atoms with E-state index in [1.807, 2.05) is 43.3 Å². The van der Waals surface area contributed by atoms with Crippen LogP contribution in [0.5, 0.6) is 0 Å². The number of rotatable bonds is 7. The fourth-order valence-electron chi connectivity index (χ4n) is 5.46. The molecule has 6 heteroatoms. The van der Waals surface area contributed by atoms with Gasteiger partial charge in [-0.1, -0.05) is 19.1 Å². The number of nitrogens with zero attached hydrogens (tertiary/aromatic N) is 3. The number of likely N-dealkylation sites (tertiary alicyclic amines) is 1. The van der Waals surface area contributed by atoms with Crippen molar-refractivity contribution in [1.29, 1.82) is 0 Å². The Hall–Kier alpha value is -2.70. The van der Waals surface area contributed by atoms with Crippen LogP contribution < -0.4 is 10.5 Å². The number of aromatic nitrogens is 1. The smallest absolute Gasteiger partial charge is 0.262 e. The van der Waals surface area contributed by atoms with Crippen molar-refractivity contribution in [2.45, 2.75) is 57.6 Å². The summed E-state index contributed by atoms with van der Waals surface area (Å²) in [6.07, 6.45) is 7.26. The van der Waals surface area contributed by atoms with E-state index in [0.29, 0.717) is 29.2 Å². The highest BCUT2D eigenvalue weighted by Gasteiger charge is 2.30. The van der Waals surface area contributed by atoms with Crippen LogP contribution in [0.1, 0.15) is 44.6 Å². The maximum absolute atomic E-state index is 15.2. The van der Waals surface area contributed by atoms with Gasteiger partial charge in [-0.05, 0) is 86.8 Å². The molecule has 1 N–H and O–H groups in total. The van der Waals surface area contributed by atoms with Crippen molar-refractivity contribution in [2.24, 2.45) is 0 Å². The number of halogens is 1. The number of fused-ring (bicyclic) bond motifs is 1. The van der Waals surface area contributed by atoms with Gasteiger partial charge in [0.2, 0.25) is 0 Å². The predicted octanol–water partition coefficient (Wildman–Crippen LogP) is 4.51. The lowest BCUT2D eigenvalue weighted by molar-refractivity contribution is 0.160. The molecular formula is C28H34FN3O2. The monoisotopic (exact) mass is 463 g/mol. The zero-order valence-corrected chi connectivity index (χ0v) is 19.9. The van der Waals surface area contributed by atoms with E-state index in [1.165, 1.54) is 23.5 Å². The van der Waals surface area contributed by atoms with Gasteiger partial charge in [0.15, 0.2) is 0 Å². The Labute approximate surface area is 200 Å². The van der Waals surface area contributed by atoms with Gasteiger partial charge in [-0.3, -0.25) is 14.3 Å². The summed E-state index contributed by atoms with van der Waals surface area (Å²) >= 11 is 0. The normalized spacial score (nSPS) is 19.9. The number of benzene rings is 2. The largest absolute Gasteiger partial charge is 0.393 e. The van der Waals surface area contributed by atoms with E-state index in [4.69, 9.17) is 0 Å². The van der Waals surface area contributed by atoms with Crippen LogP contribution in [0, 0.1) is 5.82 Å². The molecule has 2 fully saturated rings. The number of aliphatic hydroxyl groups excluding tert-OH is 1. The third kappa shape index (κ3) is 4.62. The minimum atomic E-state index is -0.298. The van der Waals surface area contributed by atoms with Crippen molar-refractivity contribution in [3.8, 4) is 5.69 Å². The topological polar surface area (TPSA) is 48.7 Å². The van der Waals surface area contributed by atoms with E-state index in [1.54, 1.807) is 6.20 Å². The Morgan fingerprint density at radius 1 is 1.09 bits per heavy atom. The molecule has 0 unspecified atom stereocenters. The number of hydrogen-bond donors (Lipinski definition) is 1. The van der Waals surface area contributed by atoms with Gasteiger partial charge in [0.05, 0.1) is 17.5 Å². The minimum absolute atomic E-state index is 0.153. The number of pyridine rings is 1. The standard InChI is InChI=1S/C28H34FN3O2/c1-2-24(33)8-5-20-6-9-25-21(17-20)11-16-32(28(25)34)22-7-10-27(26(29)18-22)31-15-12-23(19-31)30-13-3-4-14-30/h6-7,9-11,16-18,23-24,33H,2-5,8,12-15,19H2,1H3/t23-,24+/m1/s1. The lowest BCUT2D eigenvalue weighted by Crippen LogP contribution is -2.35. The molecule has 2 saturated heterocycles. The predicted molar refractivity (Wildman–Crippen MR) is 136 cm³/mol. The summed E-state index contributed by atoms with van der Waals surface area (Å²) in [6.45, 7) is 6.02. The molecule has 0 amide bonds. The van der Waals surface area contributed by atoms with Crippen LogP contribution in [-0.2, 0) is 6.42 Å². The first-order valence-corrected chi connectivity index (χ1v) is 12.6. The molecule has 180 valence electrons. The molecule has 2 aromatic carbocycles. The first-order chi connectivity index (χ1) is 16.5. The molecule has 3 aromatic rings. The van der Waals surface area contributed by atoms with Crippen molar-refractivity contribution in [3.63, 3.8) is 0 Å². The minimum Gasteiger partial charge on any atom is -0.393 e. The van der Waals surface area contributed by atoms with Gasteiger partial charge in [0, 0.05) is 36.8 Å². The van der Waals surface area contributed by atoms with Crippen molar-refractivity contribution in [3.05, 3.63) is 70.4 Å². The molecule has 0 spiro atoms. The molecule has 5 rings (SSSR count). The molecule has 34 heavy (non-hydrogen) atoms. The van der Waals surface area contributed by atoms with Crippen LogP contribution in [0.4, 0.5) is 10.1 Å². The second-order valence-corrected chi connectivity index (χ2v) is 9.78. The van der Waals surface area contributed by atoms with Gasteiger partial charge in [0.25, 0.3) is 5.56 Å². The van der Waals surface area contributed by atoms with Gasteiger partial charge in [0.1, 0.15) is 5.82 Å². The quantitative estimate of drug-likeness (QED) is 0.560. The van der Waals surface area contributed by atoms with E-state index in [9.17, 15) is 9.90 Å². The van der Waals surface area contributed by atoms with Gasteiger partial charge < -0.3 is 10.0 Å². The fourth-order valence-corrected chi connectivity index (χ4v) is 5.46. The molecule has 1 aromatic heterocycles. The second kappa shape index (κ2) is 9.88. The van der Waals surface area contributed by atoms with Crippen LogP contribution in [0.3, 0.4) is 0 Å². The summed E-state index contributed by atoms with van der Waals surface area (Å²) in [5.41, 5.74) is 2.11. The molecule has 2 aliphatic heterocycles. The number of anilines is 1. The highest BCUT2D eigenvalue weighted by Crippen LogP contribution is 2.28. The van der Waals surface area contributed by atoms with Crippen molar-refractivity contribution in [2.75, 3.05) is 31.1 Å². The lowest BCUT2D eigenvalue weighted by atomic mass is 10.0. The van der Waals surface area contributed by atoms with E-state index >= 15 is 4.39 Å². The number of aryl methyl sites for hydroxylation is 1. The molecule has 0 saturated carbocycles. The maximum Gasteiger partial charge on any atom is 0.262 e. The van der Waals surface area contributed by atoms with Gasteiger partial charge in [-0.2, -0.15) is 0 Å². The SMILES string of the molecule is CC[C@H](O)CCc1ccc2c(=O)n(-c3ccc(N4CC[C@@H](N5CCCC5)C4)c(F)c3)ccc2c1. The highest BCUT2D eigenvalue weighted by atomic mass is 19.1. The van der Waals surface area contributed by atoms with Crippen LogP contribution in [0.15, 0.2) is 53.5 Å². The summed E-state index contributed by atoms with van der Waals surface area (Å²) in [6, 6.07) is 13.4. The summed E-state index contributed by atoms with van der Waals surface area (Å²) in [4.78, 5) is 17.9. The van der Waals surface area contributed by atoms with E-state index in [2.05, 4.69) is 9.80 Å². The van der Waals surface area contributed by atoms with Crippen LogP contribution in [0.2, 0.25) is 0 Å². The Kier molecular flexibility index (Phi) is 6.70. The zero-order valence-electron chi connectivity index (χ0n) is 19.9. The van der Waals surface area contributed by atoms with Gasteiger partial charge in [-0.25, -0.2) is 4.39 Å². The van der Waals surface area contributed by atoms with E-state index in [-0.39, 0.29) is 17.5 Å². The van der Waals surface area contributed by atoms with Crippen LogP contribution in [-0.4, -0.2) is 52.9 Å². The Bertz CT molecular complexity index is 1220. The average molecular weight is 464 g/mol. The zero-order chi connectivity index (χ0) is 23.7. The molecule has 2 aliphatic rings. The summed E-state index contributed by atoms with van der Waals surface area (Å²) in [5, 5.41) is 11.3. The number of hydrogen-bond acceptors (Lipinski definition) is 4. The third-order valence-electron chi connectivity index (χ3n) is 7.58. The molecule has 0 bridgehead atoms. The molecule has 2 atom stereocenters. The van der Waals surface area contributed by atoms with Gasteiger partial charge >= 0.3 is 0 Å². The summed E-state index contributed by atoms with van der Waals surface area (Å²) < 4.78 is 16.7. The van der Waals surface area contributed by atoms with Crippen molar-refractivity contribution < 1.29 is 9.50 Å². The average Bonchev–Trinajstić information content (AvgIpc) is 3.55. The third-order valence-corrected chi connectivity index (χ3v) is 7.58. The van der Waals surface area contributed by atoms with Crippen LogP contribution >= 0.6 is 0 Å². The highest BCUT2D eigenvalue weighted by molar-refractivity contribution is 5.82. The molecule has 5 nitrogen and oxygen atoms in total. The molecule has 0 aliphatic carbocycles. The first kappa shape index (κ1) is 23.1. The lowest BCUT2D eigenvalue weighted by Gasteiger charge is -2.25. The summed E-state index contributed by atoms with van der Waals surface area (Å²) in [5.74, 6) is -0.281. The Morgan fingerprint density at radius 3 is 2.68 bits per heavy atom. The van der Waals surface area contributed by atoms with Crippen molar-refractivity contribution in [1.82, 2.24) is 9.47 Å². The van der Waals surface area contributed by atoms with Crippen LogP contribution in [0.25, 0.3) is 16.5 Å².